The second kappa shape index (κ2) is 5.32. The molecular weight excluding hydrogens is 258 g/mol. The van der Waals surface area contributed by atoms with E-state index in [0.29, 0.717) is 19.0 Å². The van der Waals surface area contributed by atoms with Crippen molar-refractivity contribution in [1.82, 2.24) is 4.90 Å². The van der Waals surface area contributed by atoms with Crippen LogP contribution in [0.4, 0.5) is 4.79 Å². The molecule has 5 nitrogen and oxygen atoms in total. The van der Waals surface area contributed by atoms with E-state index in [1.54, 1.807) is 7.11 Å². The summed E-state index contributed by atoms with van der Waals surface area (Å²) in [7, 11) is 1.61. The van der Waals surface area contributed by atoms with Crippen LogP contribution in [0.1, 0.15) is 30.1 Å². The monoisotopic (exact) mass is 277 g/mol. The lowest BCUT2D eigenvalue weighted by atomic mass is 9.97. The molecule has 3 rings (SSSR count). The first-order chi connectivity index (χ1) is 9.67. The van der Waals surface area contributed by atoms with Gasteiger partial charge in [0, 0.05) is 13.7 Å². The molecule has 0 aromatic heterocycles. The molecule has 1 aliphatic heterocycles. The Bertz CT molecular complexity index is 513. The number of carbonyl (C=O) groups is 1. The molecule has 108 valence electrons. The van der Waals surface area contributed by atoms with Crippen LogP contribution in [0, 0.1) is 5.92 Å². The Labute approximate surface area is 118 Å². The maximum atomic E-state index is 11.1. The van der Waals surface area contributed by atoms with Gasteiger partial charge in [-0.3, -0.25) is 0 Å². The molecule has 5 heteroatoms. The van der Waals surface area contributed by atoms with Crippen molar-refractivity contribution in [2.45, 2.75) is 25.5 Å². The number of fused-ring (bicyclic) bond motifs is 1. The first-order valence-electron chi connectivity index (χ1n) is 6.93. The molecule has 1 aliphatic carbocycles. The molecule has 1 unspecified atom stereocenters. The highest BCUT2D eigenvalue weighted by molar-refractivity contribution is 5.66. The van der Waals surface area contributed by atoms with Gasteiger partial charge in [-0.25, -0.2) is 4.79 Å². The van der Waals surface area contributed by atoms with E-state index in [1.165, 1.54) is 17.7 Å². The summed E-state index contributed by atoms with van der Waals surface area (Å²) in [4.78, 5) is 12.5. The zero-order valence-electron chi connectivity index (χ0n) is 11.5. The largest absolute Gasteiger partial charge is 0.493 e. The SMILES string of the molecule is COC1CN(C(=O)O)Cc2ccc(OCC3CC3)cc21. The van der Waals surface area contributed by atoms with Gasteiger partial charge in [-0.15, -0.1) is 0 Å². The van der Waals surface area contributed by atoms with Gasteiger partial charge in [-0.2, -0.15) is 0 Å². The van der Waals surface area contributed by atoms with Crippen molar-refractivity contribution in [2.24, 2.45) is 5.92 Å². The summed E-state index contributed by atoms with van der Waals surface area (Å²) in [5.41, 5.74) is 2.03. The van der Waals surface area contributed by atoms with E-state index in [4.69, 9.17) is 14.6 Å². The van der Waals surface area contributed by atoms with Crippen molar-refractivity contribution in [3.63, 3.8) is 0 Å². The van der Waals surface area contributed by atoms with Gasteiger partial charge in [0.2, 0.25) is 0 Å². The van der Waals surface area contributed by atoms with E-state index in [1.807, 2.05) is 18.2 Å². The summed E-state index contributed by atoms with van der Waals surface area (Å²) >= 11 is 0. The number of ether oxygens (including phenoxy) is 2. The predicted molar refractivity (Wildman–Crippen MR) is 72.8 cm³/mol. The fraction of sp³-hybridized carbons (Fsp3) is 0.533. The van der Waals surface area contributed by atoms with Crippen molar-refractivity contribution in [2.75, 3.05) is 20.3 Å². The molecule has 1 amide bonds. The van der Waals surface area contributed by atoms with Gasteiger partial charge in [-0.1, -0.05) is 6.07 Å². The first kappa shape index (κ1) is 13.2. The van der Waals surface area contributed by atoms with E-state index >= 15 is 0 Å². The van der Waals surface area contributed by atoms with E-state index in [9.17, 15) is 4.79 Å². The number of rotatable bonds is 4. The molecule has 1 fully saturated rings. The van der Waals surface area contributed by atoms with E-state index in [-0.39, 0.29) is 6.10 Å². The number of nitrogens with zero attached hydrogens (tertiary/aromatic N) is 1. The molecule has 0 radical (unpaired) electrons. The van der Waals surface area contributed by atoms with Crippen molar-refractivity contribution in [3.8, 4) is 5.75 Å². The zero-order valence-corrected chi connectivity index (χ0v) is 11.5. The van der Waals surface area contributed by atoms with E-state index < -0.39 is 6.09 Å². The number of hydrogen-bond donors (Lipinski definition) is 1. The zero-order chi connectivity index (χ0) is 14.1. The fourth-order valence-corrected chi connectivity index (χ4v) is 2.52. The van der Waals surface area contributed by atoms with E-state index in [0.717, 1.165) is 23.5 Å². The molecule has 1 aromatic carbocycles. The van der Waals surface area contributed by atoms with Crippen molar-refractivity contribution in [3.05, 3.63) is 29.3 Å². The molecule has 1 aromatic rings. The molecule has 1 heterocycles. The second-order valence-corrected chi connectivity index (χ2v) is 5.50. The average Bonchev–Trinajstić information content (AvgIpc) is 3.27. The van der Waals surface area contributed by atoms with E-state index in [2.05, 4.69) is 0 Å². The summed E-state index contributed by atoms with van der Waals surface area (Å²) in [5, 5.41) is 9.13. The van der Waals surface area contributed by atoms with Crippen LogP contribution >= 0.6 is 0 Å². The molecule has 0 bridgehead atoms. The summed E-state index contributed by atoms with van der Waals surface area (Å²) in [6, 6.07) is 5.85. The number of methoxy groups -OCH3 is 1. The fourth-order valence-electron chi connectivity index (χ4n) is 2.52. The first-order valence-corrected chi connectivity index (χ1v) is 6.93. The number of amides is 1. The lowest BCUT2D eigenvalue weighted by molar-refractivity contribution is 0.0477. The number of carboxylic acid groups (broad SMARTS) is 1. The lowest BCUT2D eigenvalue weighted by Gasteiger charge is -2.32. The van der Waals surface area contributed by atoms with Crippen LogP contribution in [0.5, 0.6) is 5.75 Å². The van der Waals surface area contributed by atoms with Gasteiger partial charge < -0.3 is 19.5 Å². The molecule has 20 heavy (non-hydrogen) atoms. The Morgan fingerprint density at radius 2 is 2.25 bits per heavy atom. The summed E-state index contributed by atoms with van der Waals surface area (Å²) in [5.74, 6) is 1.56. The third kappa shape index (κ3) is 2.72. The smallest absolute Gasteiger partial charge is 0.407 e. The Kier molecular flexibility index (Phi) is 3.53. The standard InChI is InChI=1S/C15H19NO4/c1-19-14-8-16(15(17)18)7-11-4-5-12(6-13(11)14)20-9-10-2-3-10/h4-6,10,14H,2-3,7-9H2,1H3,(H,17,18). The molecule has 1 atom stereocenters. The van der Waals surface area contributed by atoms with Gasteiger partial charge >= 0.3 is 6.09 Å². The van der Waals surface area contributed by atoms with Crippen LogP contribution < -0.4 is 4.74 Å². The number of hydrogen-bond acceptors (Lipinski definition) is 3. The van der Waals surface area contributed by atoms with Crippen LogP contribution in [0.2, 0.25) is 0 Å². The normalized spacial score (nSPS) is 21.4. The Morgan fingerprint density at radius 3 is 2.90 bits per heavy atom. The molecular formula is C15H19NO4. The van der Waals surface area contributed by atoms with Gasteiger partial charge in [0.05, 0.1) is 13.2 Å². The summed E-state index contributed by atoms with van der Waals surface area (Å²) < 4.78 is 11.2. The summed E-state index contributed by atoms with van der Waals surface area (Å²) in [6.07, 6.45) is 1.39. The minimum Gasteiger partial charge on any atom is -0.493 e. The second-order valence-electron chi connectivity index (χ2n) is 5.50. The van der Waals surface area contributed by atoms with Crippen molar-refractivity contribution in [1.29, 1.82) is 0 Å². The molecule has 1 saturated carbocycles. The molecule has 1 N–H and O–H groups in total. The molecule has 2 aliphatic rings. The van der Waals surface area contributed by atoms with Crippen LogP contribution in [0.25, 0.3) is 0 Å². The maximum Gasteiger partial charge on any atom is 0.407 e. The molecule has 0 spiro atoms. The highest BCUT2D eigenvalue weighted by Crippen LogP contribution is 2.33. The van der Waals surface area contributed by atoms with Crippen LogP contribution in [0.15, 0.2) is 18.2 Å². The Balaban J connectivity index is 1.79. The predicted octanol–water partition coefficient (Wildman–Crippen LogP) is 2.66. The summed E-state index contributed by atoms with van der Waals surface area (Å²) in [6.45, 7) is 1.55. The average molecular weight is 277 g/mol. The minimum absolute atomic E-state index is 0.223. The van der Waals surface area contributed by atoms with Gasteiger partial charge in [0.25, 0.3) is 0 Å². The Morgan fingerprint density at radius 1 is 1.45 bits per heavy atom. The van der Waals surface area contributed by atoms with Crippen molar-refractivity contribution >= 4 is 6.09 Å². The van der Waals surface area contributed by atoms with Gasteiger partial charge in [-0.05, 0) is 42.0 Å². The third-order valence-corrected chi connectivity index (χ3v) is 3.95. The highest BCUT2D eigenvalue weighted by atomic mass is 16.5. The van der Waals surface area contributed by atoms with Crippen molar-refractivity contribution < 1.29 is 19.4 Å². The van der Waals surface area contributed by atoms with Gasteiger partial charge in [0.1, 0.15) is 11.9 Å². The topological polar surface area (TPSA) is 59.0 Å². The lowest BCUT2D eigenvalue weighted by Crippen LogP contribution is -2.37. The molecule has 0 saturated heterocycles. The highest BCUT2D eigenvalue weighted by Gasteiger charge is 2.28. The van der Waals surface area contributed by atoms with Crippen LogP contribution in [0.3, 0.4) is 0 Å². The quantitative estimate of drug-likeness (QED) is 0.919. The maximum absolute atomic E-state index is 11.1. The minimum atomic E-state index is -0.910. The third-order valence-electron chi connectivity index (χ3n) is 3.95. The Hall–Kier alpha value is -1.75. The van der Waals surface area contributed by atoms with Gasteiger partial charge in [0.15, 0.2) is 0 Å². The van der Waals surface area contributed by atoms with Crippen LogP contribution in [-0.4, -0.2) is 36.4 Å². The van der Waals surface area contributed by atoms with Crippen LogP contribution in [-0.2, 0) is 11.3 Å². The number of benzene rings is 1.